The Hall–Kier alpha value is -1.59. The van der Waals surface area contributed by atoms with E-state index in [9.17, 15) is 9.90 Å². The van der Waals surface area contributed by atoms with Crippen molar-refractivity contribution in [3.8, 4) is 5.75 Å². The van der Waals surface area contributed by atoms with Gasteiger partial charge >= 0.3 is 0 Å². The molecule has 1 saturated heterocycles. The van der Waals surface area contributed by atoms with E-state index < -0.39 is 0 Å². The lowest BCUT2D eigenvalue weighted by Gasteiger charge is -2.31. The standard InChI is InChI=1S/C19H30N2O3/c1-14(2)19(16-4-6-17(24-3)7-5-16)20-18(23)12-21-10-8-15(13-22)9-11-21/h4-7,14-15,19,22H,8-13H2,1-3H3,(H,20,23). The molecule has 1 aromatic carbocycles. The van der Waals surface area contributed by atoms with Crippen LogP contribution in [0.25, 0.3) is 0 Å². The summed E-state index contributed by atoms with van der Waals surface area (Å²) in [4.78, 5) is 14.6. The van der Waals surface area contributed by atoms with Crippen LogP contribution in [0.5, 0.6) is 5.75 Å². The normalized spacial score (nSPS) is 17.7. The first-order valence-electron chi connectivity index (χ1n) is 8.80. The number of hydrogen-bond acceptors (Lipinski definition) is 4. The number of aliphatic hydroxyl groups excluding tert-OH is 1. The Labute approximate surface area is 145 Å². The Kier molecular flexibility index (Phi) is 7.06. The van der Waals surface area contributed by atoms with Crippen molar-refractivity contribution >= 4 is 5.91 Å². The van der Waals surface area contributed by atoms with Gasteiger partial charge in [-0.15, -0.1) is 0 Å². The third-order valence-corrected chi connectivity index (χ3v) is 4.79. The lowest BCUT2D eigenvalue weighted by molar-refractivity contribution is -0.123. The molecule has 24 heavy (non-hydrogen) atoms. The molecule has 0 aliphatic carbocycles. The molecule has 0 saturated carbocycles. The molecule has 1 fully saturated rings. The van der Waals surface area contributed by atoms with Gasteiger partial charge in [-0.05, 0) is 55.5 Å². The first-order valence-corrected chi connectivity index (χ1v) is 8.80. The number of benzene rings is 1. The predicted molar refractivity (Wildman–Crippen MR) is 95.0 cm³/mol. The minimum Gasteiger partial charge on any atom is -0.497 e. The van der Waals surface area contributed by atoms with Gasteiger partial charge in [-0.3, -0.25) is 9.69 Å². The molecule has 1 unspecified atom stereocenters. The van der Waals surface area contributed by atoms with E-state index in [1.165, 1.54) is 0 Å². The second-order valence-electron chi connectivity index (χ2n) is 6.96. The van der Waals surface area contributed by atoms with Crippen LogP contribution in [0.3, 0.4) is 0 Å². The number of rotatable bonds is 7. The number of piperidine rings is 1. The maximum atomic E-state index is 12.4. The first-order chi connectivity index (χ1) is 11.5. The van der Waals surface area contributed by atoms with Crippen LogP contribution in [0.2, 0.25) is 0 Å². The van der Waals surface area contributed by atoms with E-state index in [2.05, 4.69) is 24.1 Å². The number of nitrogens with zero attached hydrogens (tertiary/aromatic N) is 1. The summed E-state index contributed by atoms with van der Waals surface area (Å²) < 4.78 is 5.20. The van der Waals surface area contributed by atoms with Crippen LogP contribution >= 0.6 is 0 Å². The van der Waals surface area contributed by atoms with Crippen molar-refractivity contribution in [2.75, 3.05) is 33.4 Å². The molecular formula is C19H30N2O3. The second kappa shape index (κ2) is 9.04. The van der Waals surface area contributed by atoms with Crippen molar-refractivity contribution in [1.82, 2.24) is 10.2 Å². The number of ether oxygens (including phenoxy) is 1. The Morgan fingerprint density at radius 2 is 1.92 bits per heavy atom. The molecule has 134 valence electrons. The number of carbonyl (C=O) groups is 1. The highest BCUT2D eigenvalue weighted by Gasteiger charge is 2.23. The molecule has 2 N–H and O–H groups in total. The first kappa shape index (κ1) is 18.7. The van der Waals surface area contributed by atoms with Gasteiger partial charge in [-0.2, -0.15) is 0 Å². The van der Waals surface area contributed by atoms with E-state index in [4.69, 9.17) is 4.74 Å². The number of methoxy groups -OCH3 is 1. The van der Waals surface area contributed by atoms with Crippen molar-refractivity contribution in [1.29, 1.82) is 0 Å². The number of nitrogens with one attached hydrogen (secondary N) is 1. The minimum absolute atomic E-state index is 0.00149. The summed E-state index contributed by atoms with van der Waals surface area (Å²) >= 11 is 0. The highest BCUT2D eigenvalue weighted by molar-refractivity contribution is 5.78. The van der Waals surface area contributed by atoms with Crippen LogP contribution in [0.1, 0.15) is 38.3 Å². The quantitative estimate of drug-likeness (QED) is 0.803. The molecule has 5 nitrogen and oxygen atoms in total. The summed E-state index contributed by atoms with van der Waals surface area (Å²) in [5.74, 6) is 1.58. The maximum Gasteiger partial charge on any atom is 0.234 e. The Morgan fingerprint density at radius 3 is 2.42 bits per heavy atom. The van der Waals surface area contributed by atoms with Crippen LogP contribution in [-0.4, -0.2) is 49.3 Å². The fourth-order valence-electron chi connectivity index (χ4n) is 3.20. The minimum atomic E-state index is -0.00149. The summed E-state index contributed by atoms with van der Waals surface area (Å²) in [6, 6.07) is 7.87. The third kappa shape index (κ3) is 5.21. The number of hydrogen-bond donors (Lipinski definition) is 2. The molecule has 0 aromatic heterocycles. The zero-order valence-corrected chi connectivity index (χ0v) is 15.0. The molecule has 0 radical (unpaired) electrons. The number of amides is 1. The predicted octanol–water partition coefficient (Wildman–Crippen LogP) is 2.21. The molecule has 1 atom stereocenters. The Morgan fingerprint density at radius 1 is 1.29 bits per heavy atom. The SMILES string of the molecule is COc1ccc(C(NC(=O)CN2CCC(CO)CC2)C(C)C)cc1. The molecule has 0 bridgehead atoms. The zero-order chi connectivity index (χ0) is 17.5. The average molecular weight is 334 g/mol. The van der Waals surface area contributed by atoms with E-state index in [1.807, 2.05) is 24.3 Å². The molecule has 1 aliphatic heterocycles. The van der Waals surface area contributed by atoms with Gasteiger partial charge in [0.05, 0.1) is 19.7 Å². The molecule has 5 heteroatoms. The summed E-state index contributed by atoms with van der Waals surface area (Å²) in [6.45, 7) is 6.68. The molecular weight excluding hydrogens is 304 g/mol. The van der Waals surface area contributed by atoms with E-state index in [0.717, 1.165) is 37.2 Å². The summed E-state index contributed by atoms with van der Waals surface area (Å²) in [5.41, 5.74) is 1.10. The highest BCUT2D eigenvalue weighted by Crippen LogP contribution is 2.24. The van der Waals surface area contributed by atoms with Crippen molar-refractivity contribution in [2.45, 2.75) is 32.7 Å². The van der Waals surface area contributed by atoms with Gasteiger partial charge in [0.25, 0.3) is 0 Å². The van der Waals surface area contributed by atoms with Gasteiger partial charge in [0.1, 0.15) is 5.75 Å². The highest BCUT2D eigenvalue weighted by atomic mass is 16.5. The fraction of sp³-hybridized carbons (Fsp3) is 0.632. The number of aliphatic hydroxyl groups is 1. The summed E-state index contributed by atoms with van der Waals surface area (Å²) in [6.07, 6.45) is 1.94. The van der Waals surface area contributed by atoms with Crippen molar-refractivity contribution < 1.29 is 14.6 Å². The van der Waals surface area contributed by atoms with E-state index in [1.54, 1.807) is 7.11 Å². The second-order valence-corrected chi connectivity index (χ2v) is 6.96. The topological polar surface area (TPSA) is 61.8 Å². The third-order valence-electron chi connectivity index (χ3n) is 4.79. The summed E-state index contributed by atoms with van der Waals surface area (Å²) in [7, 11) is 1.65. The smallest absolute Gasteiger partial charge is 0.234 e. The van der Waals surface area contributed by atoms with Crippen molar-refractivity contribution in [3.05, 3.63) is 29.8 Å². The van der Waals surface area contributed by atoms with Crippen LogP contribution in [0.15, 0.2) is 24.3 Å². The fourth-order valence-corrected chi connectivity index (χ4v) is 3.20. The molecule has 0 spiro atoms. The van der Waals surface area contributed by atoms with Gasteiger partial charge in [-0.25, -0.2) is 0 Å². The lowest BCUT2D eigenvalue weighted by Crippen LogP contribution is -2.43. The summed E-state index contributed by atoms with van der Waals surface area (Å²) in [5, 5.41) is 12.4. The largest absolute Gasteiger partial charge is 0.497 e. The van der Waals surface area contributed by atoms with Crippen molar-refractivity contribution in [2.24, 2.45) is 11.8 Å². The van der Waals surface area contributed by atoms with Gasteiger partial charge in [0.15, 0.2) is 0 Å². The van der Waals surface area contributed by atoms with Gasteiger partial charge in [0.2, 0.25) is 5.91 Å². The number of carbonyl (C=O) groups excluding carboxylic acids is 1. The zero-order valence-electron chi connectivity index (χ0n) is 15.0. The molecule has 1 amide bonds. The molecule has 2 rings (SSSR count). The van der Waals surface area contributed by atoms with E-state index >= 15 is 0 Å². The molecule has 1 aliphatic rings. The average Bonchev–Trinajstić information content (AvgIpc) is 2.60. The molecule has 1 heterocycles. The van der Waals surface area contributed by atoms with Gasteiger partial charge in [0, 0.05) is 6.61 Å². The number of likely N-dealkylation sites (tertiary alicyclic amines) is 1. The van der Waals surface area contributed by atoms with E-state index in [0.29, 0.717) is 18.4 Å². The van der Waals surface area contributed by atoms with Crippen LogP contribution in [0, 0.1) is 11.8 Å². The van der Waals surface area contributed by atoms with Crippen LogP contribution in [-0.2, 0) is 4.79 Å². The van der Waals surface area contributed by atoms with Crippen molar-refractivity contribution in [3.63, 3.8) is 0 Å². The molecule has 1 aromatic rings. The maximum absolute atomic E-state index is 12.4. The van der Waals surface area contributed by atoms with Gasteiger partial charge in [-0.1, -0.05) is 26.0 Å². The Balaban J connectivity index is 1.91. The monoisotopic (exact) mass is 334 g/mol. The van der Waals surface area contributed by atoms with E-state index in [-0.39, 0.29) is 18.6 Å². The van der Waals surface area contributed by atoms with Crippen LogP contribution in [0.4, 0.5) is 0 Å². The lowest BCUT2D eigenvalue weighted by atomic mass is 9.95. The van der Waals surface area contributed by atoms with Crippen LogP contribution < -0.4 is 10.1 Å². The van der Waals surface area contributed by atoms with Gasteiger partial charge < -0.3 is 15.2 Å². The Bertz CT molecular complexity index is 508.